The molecular formula is C26H40N4O4. The molecule has 1 heterocycles. The van der Waals surface area contributed by atoms with Crippen molar-refractivity contribution in [1.29, 1.82) is 0 Å². The quantitative estimate of drug-likeness (QED) is 0.588. The summed E-state index contributed by atoms with van der Waals surface area (Å²) in [7, 11) is 1.33. The van der Waals surface area contributed by atoms with Gasteiger partial charge in [-0.1, -0.05) is 44.2 Å². The summed E-state index contributed by atoms with van der Waals surface area (Å²) < 4.78 is 4.97. The molecule has 1 aliphatic heterocycles. The van der Waals surface area contributed by atoms with Crippen molar-refractivity contribution in [3.05, 3.63) is 35.9 Å². The van der Waals surface area contributed by atoms with Gasteiger partial charge in [0.05, 0.1) is 25.5 Å². The summed E-state index contributed by atoms with van der Waals surface area (Å²) in [6.07, 6.45) is 1.54. The Kier molecular flexibility index (Phi) is 8.17. The van der Waals surface area contributed by atoms with E-state index in [1.165, 1.54) is 13.4 Å². The Morgan fingerprint density at radius 2 is 1.71 bits per heavy atom. The van der Waals surface area contributed by atoms with Crippen molar-refractivity contribution in [3.63, 3.8) is 0 Å². The zero-order valence-electron chi connectivity index (χ0n) is 22.0. The third kappa shape index (κ3) is 5.77. The van der Waals surface area contributed by atoms with Crippen molar-refractivity contribution < 1.29 is 19.1 Å². The maximum atomic E-state index is 13.8. The fourth-order valence-electron chi connectivity index (χ4n) is 4.11. The van der Waals surface area contributed by atoms with Gasteiger partial charge in [-0.05, 0) is 53.0 Å². The van der Waals surface area contributed by atoms with E-state index >= 15 is 0 Å². The minimum Gasteiger partial charge on any atom is -0.467 e. The zero-order chi connectivity index (χ0) is 25.9. The second-order valence-corrected chi connectivity index (χ2v) is 10.9. The van der Waals surface area contributed by atoms with Gasteiger partial charge in [0.15, 0.2) is 5.54 Å². The number of nitrogens with one attached hydrogen (secondary N) is 1. The maximum Gasteiger partial charge on any atom is 0.335 e. The first-order valence-electron chi connectivity index (χ1n) is 11.7. The number of carbonyl (C=O) groups is 3. The fourth-order valence-corrected chi connectivity index (χ4v) is 4.11. The topological polar surface area (TPSA) is 91.3 Å². The number of esters is 1. The first kappa shape index (κ1) is 27.3. The van der Waals surface area contributed by atoms with Gasteiger partial charge in [-0.15, -0.1) is 0 Å². The van der Waals surface area contributed by atoms with Crippen molar-refractivity contribution in [2.75, 3.05) is 13.7 Å². The van der Waals surface area contributed by atoms with Crippen molar-refractivity contribution in [2.45, 2.75) is 84.6 Å². The normalized spacial score (nSPS) is 20.2. The van der Waals surface area contributed by atoms with E-state index in [1.807, 2.05) is 78.8 Å². The first-order chi connectivity index (χ1) is 15.6. The van der Waals surface area contributed by atoms with Gasteiger partial charge in [-0.25, -0.2) is 4.79 Å². The highest BCUT2D eigenvalue weighted by atomic mass is 16.5. The molecule has 8 heteroatoms. The molecule has 34 heavy (non-hydrogen) atoms. The third-order valence-corrected chi connectivity index (χ3v) is 6.50. The molecule has 0 saturated carbocycles. The molecule has 1 aromatic rings. The predicted molar refractivity (Wildman–Crippen MR) is 133 cm³/mol. The van der Waals surface area contributed by atoms with E-state index in [4.69, 9.17) is 4.74 Å². The van der Waals surface area contributed by atoms with E-state index in [0.29, 0.717) is 6.54 Å². The van der Waals surface area contributed by atoms with Crippen molar-refractivity contribution in [1.82, 2.24) is 15.1 Å². The standard InChI is InChI=1S/C26H40N4O4/c1-18(2)21(22(32)28-24(3,4)5)30(15-19-13-11-10-12-14-19)20(31)16-29-17-27-26(8,23(33)34-9)25(29,6)7/h10-14,17-18,21H,15-16H2,1-9H3,(H,28,32). The zero-order valence-corrected chi connectivity index (χ0v) is 22.0. The van der Waals surface area contributed by atoms with Crippen LogP contribution in [-0.4, -0.2) is 70.2 Å². The van der Waals surface area contributed by atoms with Gasteiger partial charge in [0.25, 0.3) is 0 Å². The van der Waals surface area contributed by atoms with Crippen molar-refractivity contribution in [3.8, 4) is 0 Å². The van der Waals surface area contributed by atoms with Crippen LogP contribution in [0.5, 0.6) is 0 Å². The van der Waals surface area contributed by atoms with Crippen LogP contribution in [-0.2, 0) is 25.7 Å². The summed E-state index contributed by atoms with van der Waals surface area (Å²) in [6.45, 7) is 15.3. The molecule has 0 spiro atoms. The Hall–Kier alpha value is -2.90. The van der Waals surface area contributed by atoms with Crippen LogP contribution in [0.1, 0.15) is 61.0 Å². The number of aliphatic imine (C=N–C) groups is 1. The van der Waals surface area contributed by atoms with Crippen LogP contribution in [0, 0.1) is 5.92 Å². The van der Waals surface area contributed by atoms with Crippen LogP contribution >= 0.6 is 0 Å². The molecule has 0 aliphatic carbocycles. The highest BCUT2D eigenvalue weighted by Crippen LogP contribution is 2.36. The molecule has 0 aromatic heterocycles. The second-order valence-electron chi connectivity index (χ2n) is 10.9. The van der Waals surface area contributed by atoms with Gasteiger partial charge in [0, 0.05) is 12.1 Å². The number of methoxy groups -OCH3 is 1. The van der Waals surface area contributed by atoms with Gasteiger partial charge < -0.3 is 19.9 Å². The van der Waals surface area contributed by atoms with E-state index in [1.54, 1.807) is 16.7 Å². The lowest BCUT2D eigenvalue weighted by Gasteiger charge is -2.41. The maximum absolute atomic E-state index is 13.8. The Morgan fingerprint density at radius 3 is 2.21 bits per heavy atom. The van der Waals surface area contributed by atoms with E-state index in [9.17, 15) is 14.4 Å². The smallest absolute Gasteiger partial charge is 0.335 e. The molecule has 2 atom stereocenters. The highest BCUT2D eigenvalue weighted by Gasteiger charge is 2.55. The summed E-state index contributed by atoms with van der Waals surface area (Å²) in [4.78, 5) is 47.4. The number of benzene rings is 1. The average Bonchev–Trinajstić information content (AvgIpc) is 2.96. The van der Waals surface area contributed by atoms with Crippen molar-refractivity contribution in [2.24, 2.45) is 10.9 Å². The summed E-state index contributed by atoms with van der Waals surface area (Å²) in [5.74, 6) is -0.995. The van der Waals surface area contributed by atoms with Crippen LogP contribution in [0.2, 0.25) is 0 Å². The largest absolute Gasteiger partial charge is 0.467 e. The Morgan fingerprint density at radius 1 is 1.12 bits per heavy atom. The number of ether oxygens (including phenoxy) is 1. The number of nitrogens with zero attached hydrogens (tertiary/aromatic N) is 3. The molecule has 2 unspecified atom stereocenters. The highest BCUT2D eigenvalue weighted by molar-refractivity contribution is 5.91. The molecule has 1 aliphatic rings. The number of hydrogen-bond donors (Lipinski definition) is 1. The number of amides is 2. The van der Waals surface area contributed by atoms with Crippen LogP contribution in [0.25, 0.3) is 0 Å². The molecule has 1 N–H and O–H groups in total. The van der Waals surface area contributed by atoms with Crippen LogP contribution in [0.15, 0.2) is 35.3 Å². The van der Waals surface area contributed by atoms with Crippen LogP contribution in [0.4, 0.5) is 0 Å². The molecule has 2 rings (SSSR count). The molecule has 188 valence electrons. The predicted octanol–water partition coefficient (Wildman–Crippen LogP) is 3.01. The van der Waals surface area contributed by atoms with Gasteiger partial charge in [-0.3, -0.25) is 14.6 Å². The second kappa shape index (κ2) is 10.2. The van der Waals surface area contributed by atoms with E-state index in [0.717, 1.165) is 5.56 Å². The van der Waals surface area contributed by atoms with E-state index in [2.05, 4.69) is 10.3 Å². The summed E-state index contributed by atoms with van der Waals surface area (Å²) in [5.41, 5.74) is -1.45. The van der Waals surface area contributed by atoms with E-state index < -0.39 is 28.6 Å². The molecule has 0 radical (unpaired) electrons. The number of hydrogen-bond acceptors (Lipinski definition) is 6. The summed E-state index contributed by atoms with van der Waals surface area (Å²) >= 11 is 0. The minimum absolute atomic E-state index is 0.0259. The Bertz CT molecular complexity index is 920. The van der Waals surface area contributed by atoms with Gasteiger partial charge in [0.2, 0.25) is 11.8 Å². The van der Waals surface area contributed by atoms with Gasteiger partial charge >= 0.3 is 5.97 Å². The summed E-state index contributed by atoms with van der Waals surface area (Å²) in [5, 5.41) is 3.03. The molecule has 0 saturated heterocycles. The Balaban J connectivity index is 2.39. The fraction of sp³-hybridized carbons (Fsp3) is 0.615. The summed E-state index contributed by atoms with van der Waals surface area (Å²) in [6, 6.07) is 8.95. The van der Waals surface area contributed by atoms with Gasteiger partial charge in [-0.2, -0.15) is 0 Å². The minimum atomic E-state index is -1.15. The lowest BCUT2D eigenvalue weighted by Crippen LogP contribution is -2.61. The van der Waals surface area contributed by atoms with Gasteiger partial charge in [0.1, 0.15) is 6.04 Å². The lowest BCUT2D eigenvalue weighted by molar-refractivity contribution is -0.151. The SMILES string of the molecule is COC(=O)C1(C)N=CN(CC(=O)N(Cc2ccccc2)C(C(=O)NC(C)(C)C)C(C)C)C1(C)C. The molecule has 8 nitrogen and oxygen atoms in total. The number of rotatable bonds is 8. The molecule has 0 fully saturated rings. The van der Waals surface area contributed by atoms with Crippen molar-refractivity contribution >= 4 is 24.1 Å². The number of carbonyl (C=O) groups excluding carboxylic acids is 3. The van der Waals surface area contributed by atoms with Crippen LogP contribution in [0.3, 0.4) is 0 Å². The lowest BCUT2D eigenvalue weighted by atomic mass is 9.81. The van der Waals surface area contributed by atoms with Crippen LogP contribution < -0.4 is 5.32 Å². The monoisotopic (exact) mass is 472 g/mol. The molecule has 2 amide bonds. The average molecular weight is 473 g/mol. The molecular weight excluding hydrogens is 432 g/mol. The first-order valence-corrected chi connectivity index (χ1v) is 11.7. The third-order valence-electron chi connectivity index (χ3n) is 6.50. The molecule has 0 bridgehead atoms. The van der Waals surface area contributed by atoms with E-state index in [-0.39, 0.29) is 24.3 Å². The molecule has 1 aromatic carbocycles. The Labute approximate surface area is 203 Å².